The summed E-state index contributed by atoms with van der Waals surface area (Å²) in [6.45, 7) is 14.7. The Morgan fingerprint density at radius 2 is 1.62 bits per heavy atom. The van der Waals surface area contributed by atoms with Gasteiger partial charge in [0, 0.05) is 43.1 Å². The molecule has 0 aliphatic heterocycles. The fourth-order valence-corrected chi connectivity index (χ4v) is 4.27. The van der Waals surface area contributed by atoms with Crippen LogP contribution >= 0.6 is 0 Å². The molecule has 6 nitrogen and oxygen atoms in total. The smallest absolute Gasteiger partial charge is 0.229 e. The zero-order chi connectivity index (χ0) is 28.6. The van der Waals surface area contributed by atoms with Crippen molar-refractivity contribution in [3.05, 3.63) is 101 Å². The van der Waals surface area contributed by atoms with Crippen molar-refractivity contribution in [3.63, 3.8) is 0 Å². The van der Waals surface area contributed by atoms with Gasteiger partial charge in [0.15, 0.2) is 0 Å². The summed E-state index contributed by atoms with van der Waals surface area (Å²) in [4.78, 5) is 22.6. The Morgan fingerprint density at radius 3 is 2.27 bits per heavy atom. The standard InChI is InChI=1S/C31H28F3N3O3/c1-4-37(5-2)12-13-39-31-19-28-25(18-29(31)35-3)30(10-11-36-28)40-24-9-7-21(27(34)17-24)15-23(38)14-20-6-8-22(32)16-26(20)33/h6-11,16-19H,4-5,12-15H2,1-2H3. The summed E-state index contributed by atoms with van der Waals surface area (Å²) in [7, 11) is 0. The predicted octanol–water partition coefficient (Wildman–Crippen LogP) is 7.07. The first-order chi connectivity index (χ1) is 19.3. The lowest BCUT2D eigenvalue weighted by Gasteiger charge is -2.18. The summed E-state index contributed by atoms with van der Waals surface area (Å²) >= 11 is 0. The van der Waals surface area contributed by atoms with Gasteiger partial charge in [-0.3, -0.25) is 9.78 Å². The van der Waals surface area contributed by atoms with Gasteiger partial charge in [0.2, 0.25) is 5.69 Å². The van der Waals surface area contributed by atoms with Crippen LogP contribution in [-0.4, -0.2) is 41.9 Å². The number of Topliss-reactive ketones (excluding diaryl/α,β-unsaturated/α-hetero) is 1. The molecule has 0 atom stereocenters. The monoisotopic (exact) mass is 547 g/mol. The summed E-state index contributed by atoms with van der Waals surface area (Å²) in [6, 6.07) is 12.0. The second-order valence-corrected chi connectivity index (χ2v) is 9.12. The molecule has 9 heteroatoms. The molecule has 40 heavy (non-hydrogen) atoms. The summed E-state index contributed by atoms with van der Waals surface area (Å²) in [5.41, 5.74) is 1.04. The molecule has 0 saturated heterocycles. The molecule has 1 aromatic heterocycles. The number of hydrogen-bond donors (Lipinski definition) is 0. The molecule has 0 unspecified atom stereocenters. The number of fused-ring (bicyclic) bond motifs is 1. The third kappa shape index (κ3) is 6.96. The van der Waals surface area contributed by atoms with Gasteiger partial charge < -0.3 is 14.4 Å². The average Bonchev–Trinajstić information content (AvgIpc) is 2.94. The van der Waals surface area contributed by atoms with Crippen LogP contribution in [0.1, 0.15) is 25.0 Å². The third-order valence-electron chi connectivity index (χ3n) is 6.50. The SMILES string of the molecule is [C-]#[N+]c1cc2c(Oc3ccc(CC(=O)Cc4ccc(F)cc4F)c(F)c3)ccnc2cc1OCCN(CC)CC. The van der Waals surface area contributed by atoms with Crippen molar-refractivity contribution in [2.75, 3.05) is 26.2 Å². The van der Waals surface area contributed by atoms with Crippen molar-refractivity contribution in [3.8, 4) is 17.2 Å². The molecule has 4 rings (SSSR count). The van der Waals surface area contributed by atoms with Gasteiger partial charge in [0.25, 0.3) is 0 Å². The Bertz CT molecular complexity index is 1570. The van der Waals surface area contributed by atoms with Crippen molar-refractivity contribution in [2.45, 2.75) is 26.7 Å². The molecule has 206 valence electrons. The van der Waals surface area contributed by atoms with Gasteiger partial charge in [-0.15, -0.1) is 0 Å². The highest BCUT2D eigenvalue weighted by molar-refractivity contribution is 5.91. The summed E-state index contributed by atoms with van der Waals surface area (Å²) < 4.78 is 53.7. The molecule has 1 heterocycles. The van der Waals surface area contributed by atoms with E-state index < -0.39 is 23.2 Å². The molecular formula is C31H28F3N3O3. The van der Waals surface area contributed by atoms with Crippen LogP contribution in [0.15, 0.2) is 60.8 Å². The van der Waals surface area contributed by atoms with Crippen molar-refractivity contribution < 1.29 is 27.4 Å². The normalized spacial score (nSPS) is 11.0. The summed E-state index contributed by atoms with van der Waals surface area (Å²) in [5, 5.41) is 0.561. The number of benzene rings is 3. The minimum atomic E-state index is -0.818. The lowest BCUT2D eigenvalue weighted by atomic mass is 10.0. The highest BCUT2D eigenvalue weighted by Gasteiger charge is 2.15. The van der Waals surface area contributed by atoms with Gasteiger partial charge in [0.1, 0.15) is 40.5 Å². The van der Waals surface area contributed by atoms with E-state index in [9.17, 15) is 18.0 Å². The molecule has 0 radical (unpaired) electrons. The Balaban J connectivity index is 1.48. The number of pyridine rings is 1. The van der Waals surface area contributed by atoms with E-state index in [1.54, 1.807) is 24.4 Å². The molecule has 4 aromatic rings. The Hall–Kier alpha value is -4.42. The van der Waals surface area contributed by atoms with E-state index in [2.05, 4.69) is 28.6 Å². The van der Waals surface area contributed by atoms with Gasteiger partial charge in [0.05, 0.1) is 18.7 Å². The second-order valence-electron chi connectivity index (χ2n) is 9.12. The average molecular weight is 548 g/mol. The number of carbonyl (C=O) groups excluding carboxylic acids is 1. The van der Waals surface area contributed by atoms with E-state index in [4.69, 9.17) is 16.0 Å². The molecule has 0 amide bonds. The van der Waals surface area contributed by atoms with Crippen LogP contribution in [0.25, 0.3) is 15.7 Å². The second kappa shape index (κ2) is 13.1. The van der Waals surface area contributed by atoms with Crippen LogP contribution in [0.3, 0.4) is 0 Å². The lowest BCUT2D eigenvalue weighted by molar-refractivity contribution is -0.117. The molecule has 0 bridgehead atoms. The van der Waals surface area contributed by atoms with Crippen LogP contribution in [0.4, 0.5) is 18.9 Å². The molecule has 0 aliphatic rings. The lowest BCUT2D eigenvalue weighted by Crippen LogP contribution is -2.27. The van der Waals surface area contributed by atoms with Gasteiger partial charge in [-0.1, -0.05) is 26.0 Å². The minimum Gasteiger partial charge on any atom is -0.503 e. The molecule has 3 aromatic carbocycles. The van der Waals surface area contributed by atoms with E-state index >= 15 is 0 Å². The number of rotatable bonds is 12. The summed E-state index contributed by atoms with van der Waals surface area (Å²) in [5.74, 6) is -1.63. The fourth-order valence-electron chi connectivity index (χ4n) is 4.27. The first-order valence-electron chi connectivity index (χ1n) is 12.9. The van der Waals surface area contributed by atoms with E-state index in [-0.39, 0.29) is 29.7 Å². The van der Waals surface area contributed by atoms with E-state index in [1.165, 1.54) is 18.2 Å². The number of hydrogen-bond acceptors (Lipinski definition) is 5. The zero-order valence-electron chi connectivity index (χ0n) is 22.2. The third-order valence-corrected chi connectivity index (χ3v) is 6.50. The predicted molar refractivity (Wildman–Crippen MR) is 147 cm³/mol. The van der Waals surface area contributed by atoms with Crippen LogP contribution in [0, 0.1) is 24.0 Å². The van der Waals surface area contributed by atoms with Crippen LogP contribution in [-0.2, 0) is 17.6 Å². The largest absolute Gasteiger partial charge is 0.503 e. The quantitative estimate of drug-likeness (QED) is 0.178. The number of likely N-dealkylation sites (N-methyl/N-ethyl adjacent to an activating group) is 1. The molecule has 0 aliphatic carbocycles. The van der Waals surface area contributed by atoms with E-state index in [0.29, 0.717) is 40.8 Å². The van der Waals surface area contributed by atoms with Crippen LogP contribution in [0.5, 0.6) is 17.2 Å². The molecule has 0 N–H and O–H groups in total. The Labute approximate surface area is 230 Å². The number of nitrogens with zero attached hydrogens (tertiary/aromatic N) is 3. The van der Waals surface area contributed by atoms with Crippen molar-refractivity contribution in [1.82, 2.24) is 9.88 Å². The van der Waals surface area contributed by atoms with Gasteiger partial charge in [-0.2, -0.15) is 0 Å². The molecule has 0 spiro atoms. The Kier molecular flexibility index (Phi) is 9.35. The van der Waals surface area contributed by atoms with Crippen molar-refractivity contribution in [1.29, 1.82) is 0 Å². The topological polar surface area (TPSA) is 56.0 Å². The van der Waals surface area contributed by atoms with Crippen LogP contribution in [0.2, 0.25) is 0 Å². The maximum atomic E-state index is 14.9. The first kappa shape index (κ1) is 28.6. The number of ketones is 1. The molecule has 0 fully saturated rings. The van der Waals surface area contributed by atoms with Crippen molar-refractivity contribution in [2.24, 2.45) is 0 Å². The number of halogens is 3. The number of carbonyl (C=O) groups is 1. The van der Waals surface area contributed by atoms with Crippen molar-refractivity contribution >= 4 is 22.4 Å². The zero-order valence-corrected chi connectivity index (χ0v) is 22.2. The Morgan fingerprint density at radius 1 is 0.925 bits per heavy atom. The van der Waals surface area contributed by atoms with Gasteiger partial charge in [-0.25, -0.2) is 18.0 Å². The molecular weight excluding hydrogens is 519 g/mol. The maximum Gasteiger partial charge on any atom is 0.229 e. The highest BCUT2D eigenvalue weighted by Crippen LogP contribution is 2.37. The van der Waals surface area contributed by atoms with Gasteiger partial charge in [-0.05, 0) is 54.5 Å². The molecule has 0 saturated carbocycles. The summed E-state index contributed by atoms with van der Waals surface area (Å²) in [6.07, 6.45) is 1.01. The highest BCUT2D eigenvalue weighted by atomic mass is 19.1. The van der Waals surface area contributed by atoms with Crippen LogP contribution < -0.4 is 9.47 Å². The number of aromatic nitrogens is 1. The van der Waals surface area contributed by atoms with Gasteiger partial charge >= 0.3 is 0 Å². The fraction of sp³-hybridized carbons (Fsp3) is 0.258. The number of ether oxygens (including phenoxy) is 2. The minimum absolute atomic E-state index is 0.0487. The van der Waals surface area contributed by atoms with E-state index in [0.717, 1.165) is 31.8 Å². The maximum absolute atomic E-state index is 14.9. The first-order valence-corrected chi connectivity index (χ1v) is 12.9. The van der Waals surface area contributed by atoms with E-state index in [1.807, 2.05) is 0 Å².